The number of carbonyl (C=O) groups excluding carboxylic acids is 1. The number of hydrogen-bond donors (Lipinski definition) is 2. The fourth-order valence-corrected chi connectivity index (χ4v) is 2.47. The lowest BCUT2D eigenvalue weighted by Crippen LogP contribution is -2.58. The number of nitrogens with one attached hydrogen (secondary N) is 2. The molecule has 0 saturated carbocycles. The summed E-state index contributed by atoms with van der Waals surface area (Å²) in [6, 6.07) is 1.76. The Hall–Kier alpha value is -1.69. The molecule has 1 atom stereocenters. The molecule has 0 aromatic carbocycles. The second-order valence-electron chi connectivity index (χ2n) is 5.70. The number of likely N-dealkylation sites (N-methyl/N-ethyl adjacent to an activating group) is 1. The summed E-state index contributed by atoms with van der Waals surface area (Å²) in [5.74, 6) is 1.04. The van der Waals surface area contributed by atoms with E-state index in [0.717, 1.165) is 24.5 Å². The minimum absolute atomic E-state index is 0.0286. The Kier molecular flexibility index (Phi) is 5.12. The van der Waals surface area contributed by atoms with Crippen molar-refractivity contribution in [2.75, 3.05) is 31.1 Å². The van der Waals surface area contributed by atoms with Crippen molar-refractivity contribution in [3.05, 3.63) is 17.5 Å². The molecule has 0 bridgehead atoms. The topological polar surface area (TPSA) is 70.2 Å². The molecule has 6 nitrogen and oxygen atoms in total. The largest absolute Gasteiger partial charge is 0.355 e. The third-order valence-corrected chi connectivity index (χ3v) is 3.61. The highest BCUT2D eigenvalue weighted by Gasteiger charge is 2.30. The van der Waals surface area contributed by atoms with E-state index in [1.54, 1.807) is 0 Å². The van der Waals surface area contributed by atoms with E-state index in [1.165, 1.54) is 0 Å². The average Bonchev–Trinajstić information content (AvgIpc) is 2.46. The van der Waals surface area contributed by atoms with Crippen LogP contribution in [-0.2, 0) is 4.79 Å². The quantitative estimate of drug-likeness (QED) is 0.859. The molecule has 2 heterocycles. The van der Waals surface area contributed by atoms with Gasteiger partial charge in [0.25, 0.3) is 0 Å². The molecular formula is C15H25N5O. The van der Waals surface area contributed by atoms with Gasteiger partial charge in [-0.05, 0) is 25.8 Å². The van der Waals surface area contributed by atoms with Crippen molar-refractivity contribution >= 4 is 11.9 Å². The van der Waals surface area contributed by atoms with E-state index in [2.05, 4.69) is 34.4 Å². The maximum atomic E-state index is 12.2. The van der Waals surface area contributed by atoms with E-state index in [9.17, 15) is 4.79 Å². The SMILES string of the molecule is CCNC(=O)C1CNCCN1c1nc(C)cc(C(C)C)n1. The summed E-state index contributed by atoms with van der Waals surface area (Å²) in [7, 11) is 0. The minimum atomic E-state index is -0.250. The fraction of sp³-hybridized carbons (Fsp3) is 0.667. The summed E-state index contributed by atoms with van der Waals surface area (Å²) >= 11 is 0. The molecule has 2 rings (SSSR count). The van der Waals surface area contributed by atoms with Gasteiger partial charge < -0.3 is 15.5 Å². The van der Waals surface area contributed by atoms with E-state index >= 15 is 0 Å². The van der Waals surface area contributed by atoms with Crippen molar-refractivity contribution in [3.8, 4) is 0 Å². The Bertz CT molecular complexity index is 503. The van der Waals surface area contributed by atoms with Gasteiger partial charge >= 0.3 is 0 Å². The van der Waals surface area contributed by atoms with Crippen LogP contribution in [0.5, 0.6) is 0 Å². The molecular weight excluding hydrogens is 266 g/mol. The number of nitrogens with zero attached hydrogens (tertiary/aromatic N) is 3. The molecule has 1 saturated heterocycles. The van der Waals surface area contributed by atoms with Gasteiger partial charge in [0, 0.05) is 37.6 Å². The summed E-state index contributed by atoms with van der Waals surface area (Å²) in [4.78, 5) is 23.4. The lowest BCUT2D eigenvalue weighted by molar-refractivity contribution is -0.122. The summed E-state index contributed by atoms with van der Waals surface area (Å²) < 4.78 is 0. The second-order valence-corrected chi connectivity index (χ2v) is 5.70. The number of aromatic nitrogens is 2. The molecule has 21 heavy (non-hydrogen) atoms. The van der Waals surface area contributed by atoms with Crippen molar-refractivity contribution in [2.45, 2.75) is 39.7 Å². The number of rotatable bonds is 4. The van der Waals surface area contributed by atoms with Gasteiger partial charge in [0.15, 0.2) is 0 Å². The standard InChI is InChI=1S/C15H25N5O/c1-5-17-14(21)13-9-16-6-7-20(13)15-18-11(4)8-12(19-15)10(2)3/h8,10,13,16H,5-7,9H2,1-4H3,(H,17,21). The Morgan fingerprint density at radius 1 is 1.52 bits per heavy atom. The number of carbonyl (C=O) groups is 1. The average molecular weight is 291 g/mol. The zero-order valence-electron chi connectivity index (χ0n) is 13.3. The molecule has 0 aliphatic carbocycles. The lowest BCUT2D eigenvalue weighted by Gasteiger charge is -2.35. The van der Waals surface area contributed by atoms with Gasteiger partial charge in [-0.3, -0.25) is 4.79 Å². The summed E-state index contributed by atoms with van der Waals surface area (Å²) in [5.41, 5.74) is 1.96. The second kappa shape index (κ2) is 6.85. The van der Waals surface area contributed by atoms with Crippen molar-refractivity contribution in [2.24, 2.45) is 0 Å². The van der Waals surface area contributed by atoms with Crippen LogP contribution in [0.25, 0.3) is 0 Å². The van der Waals surface area contributed by atoms with Crippen LogP contribution in [0.2, 0.25) is 0 Å². The third-order valence-electron chi connectivity index (χ3n) is 3.61. The minimum Gasteiger partial charge on any atom is -0.355 e. The molecule has 1 aliphatic heterocycles. The maximum Gasteiger partial charge on any atom is 0.244 e. The zero-order valence-corrected chi connectivity index (χ0v) is 13.3. The molecule has 1 aliphatic rings. The Morgan fingerprint density at radius 3 is 2.95 bits per heavy atom. The first-order chi connectivity index (χ1) is 10.0. The molecule has 116 valence electrons. The molecule has 1 unspecified atom stereocenters. The Balaban J connectivity index is 2.30. The molecule has 6 heteroatoms. The van der Waals surface area contributed by atoms with Crippen LogP contribution in [0.3, 0.4) is 0 Å². The predicted molar refractivity (Wildman–Crippen MR) is 83.5 cm³/mol. The van der Waals surface area contributed by atoms with E-state index < -0.39 is 0 Å². The fourth-order valence-electron chi connectivity index (χ4n) is 2.47. The molecule has 1 amide bonds. The van der Waals surface area contributed by atoms with Crippen LogP contribution in [0, 0.1) is 6.92 Å². The monoisotopic (exact) mass is 291 g/mol. The first-order valence-corrected chi connectivity index (χ1v) is 7.63. The van der Waals surface area contributed by atoms with Crippen LogP contribution in [0.4, 0.5) is 5.95 Å². The van der Waals surface area contributed by atoms with Crippen molar-refractivity contribution in [3.63, 3.8) is 0 Å². The number of hydrogen-bond acceptors (Lipinski definition) is 5. The summed E-state index contributed by atoms with van der Waals surface area (Å²) in [5, 5.41) is 6.16. The van der Waals surface area contributed by atoms with Crippen molar-refractivity contribution < 1.29 is 4.79 Å². The van der Waals surface area contributed by atoms with E-state index in [0.29, 0.717) is 25.0 Å². The molecule has 1 fully saturated rings. The molecule has 1 aromatic heterocycles. The summed E-state index contributed by atoms with van der Waals surface area (Å²) in [6.45, 7) is 11.0. The Morgan fingerprint density at radius 2 is 2.29 bits per heavy atom. The first kappa shape index (κ1) is 15.7. The van der Waals surface area contributed by atoms with Crippen molar-refractivity contribution in [1.82, 2.24) is 20.6 Å². The number of anilines is 1. The molecule has 1 aromatic rings. The van der Waals surface area contributed by atoms with Crippen molar-refractivity contribution in [1.29, 1.82) is 0 Å². The van der Waals surface area contributed by atoms with Gasteiger partial charge in [-0.2, -0.15) is 0 Å². The zero-order chi connectivity index (χ0) is 15.4. The van der Waals surface area contributed by atoms with Crippen LogP contribution >= 0.6 is 0 Å². The lowest BCUT2D eigenvalue weighted by atomic mass is 10.1. The number of aryl methyl sites for hydroxylation is 1. The van der Waals surface area contributed by atoms with Gasteiger partial charge in [0.05, 0.1) is 0 Å². The van der Waals surface area contributed by atoms with Gasteiger partial charge in [-0.1, -0.05) is 13.8 Å². The predicted octanol–water partition coefficient (Wildman–Crippen LogP) is 0.823. The van der Waals surface area contributed by atoms with Gasteiger partial charge in [-0.25, -0.2) is 9.97 Å². The Labute approximate surface area is 126 Å². The molecule has 0 spiro atoms. The van der Waals surface area contributed by atoms with E-state index in [-0.39, 0.29) is 11.9 Å². The first-order valence-electron chi connectivity index (χ1n) is 7.63. The highest BCUT2D eigenvalue weighted by molar-refractivity contribution is 5.85. The van der Waals surface area contributed by atoms with Crippen LogP contribution < -0.4 is 15.5 Å². The molecule has 2 N–H and O–H groups in total. The highest BCUT2D eigenvalue weighted by atomic mass is 16.2. The van der Waals surface area contributed by atoms with E-state index in [1.807, 2.05) is 24.8 Å². The highest BCUT2D eigenvalue weighted by Crippen LogP contribution is 2.19. The van der Waals surface area contributed by atoms with Gasteiger partial charge in [-0.15, -0.1) is 0 Å². The number of amides is 1. The van der Waals surface area contributed by atoms with Crippen LogP contribution in [0.15, 0.2) is 6.07 Å². The van der Waals surface area contributed by atoms with Gasteiger partial charge in [0.2, 0.25) is 11.9 Å². The molecule has 0 radical (unpaired) electrons. The van der Waals surface area contributed by atoms with Gasteiger partial charge in [0.1, 0.15) is 6.04 Å². The van der Waals surface area contributed by atoms with Crippen LogP contribution in [-0.4, -0.2) is 48.1 Å². The third kappa shape index (κ3) is 3.69. The smallest absolute Gasteiger partial charge is 0.244 e. The normalized spacial score (nSPS) is 18.9. The maximum absolute atomic E-state index is 12.2. The number of piperazine rings is 1. The van der Waals surface area contributed by atoms with Crippen LogP contribution in [0.1, 0.15) is 38.1 Å². The van der Waals surface area contributed by atoms with E-state index in [4.69, 9.17) is 0 Å². The summed E-state index contributed by atoms with van der Waals surface area (Å²) in [6.07, 6.45) is 0.